The van der Waals surface area contributed by atoms with E-state index in [1.165, 1.54) is 10.4 Å². The first-order valence-electron chi connectivity index (χ1n) is 10.2. The lowest BCUT2D eigenvalue weighted by Gasteiger charge is -2.26. The first-order chi connectivity index (χ1) is 14.1. The third-order valence-corrected chi connectivity index (χ3v) is 6.72. The molecule has 0 N–H and O–H groups in total. The molecule has 154 valence electrons. The summed E-state index contributed by atoms with van der Waals surface area (Å²) >= 11 is 7.68. The molecular weight excluding hydrogens is 400 g/mol. The molecule has 3 aromatic rings. The Morgan fingerprint density at radius 3 is 2.83 bits per heavy atom. The number of aromatic nitrogens is 3. The van der Waals surface area contributed by atoms with Crippen molar-refractivity contribution in [3.8, 4) is 5.75 Å². The van der Waals surface area contributed by atoms with E-state index in [9.17, 15) is 0 Å². The van der Waals surface area contributed by atoms with Gasteiger partial charge in [0, 0.05) is 24.5 Å². The topological polar surface area (TPSA) is 35.2 Å². The first kappa shape index (κ1) is 20.3. The van der Waals surface area contributed by atoms with Gasteiger partial charge >= 0.3 is 0 Å². The Kier molecular flexibility index (Phi) is 6.47. The van der Waals surface area contributed by atoms with Crippen LogP contribution in [-0.2, 0) is 32.8 Å². The summed E-state index contributed by atoms with van der Waals surface area (Å²) in [5, 5.41) is 7.05. The summed E-state index contributed by atoms with van der Waals surface area (Å²) in [6.07, 6.45) is 2.18. The number of thiophene rings is 1. The van der Waals surface area contributed by atoms with Crippen LogP contribution >= 0.6 is 23.6 Å². The minimum atomic E-state index is 0.424. The molecule has 0 saturated carbocycles. The van der Waals surface area contributed by atoms with E-state index in [1.54, 1.807) is 0 Å². The fourth-order valence-corrected chi connectivity index (χ4v) is 4.76. The molecule has 1 aliphatic heterocycles. The molecule has 5 nitrogen and oxygen atoms in total. The lowest BCUT2D eigenvalue weighted by molar-refractivity contribution is 0.188. The van der Waals surface area contributed by atoms with E-state index in [0.29, 0.717) is 12.5 Å². The molecule has 1 aromatic carbocycles. The van der Waals surface area contributed by atoms with Crippen LogP contribution < -0.4 is 4.74 Å². The van der Waals surface area contributed by atoms with E-state index in [0.717, 1.165) is 55.5 Å². The van der Waals surface area contributed by atoms with Crippen LogP contribution in [0.3, 0.4) is 0 Å². The van der Waals surface area contributed by atoms with Crippen LogP contribution in [0.1, 0.15) is 36.5 Å². The van der Waals surface area contributed by atoms with Crippen LogP contribution in [0.4, 0.5) is 0 Å². The number of hydrogen-bond donors (Lipinski definition) is 0. The van der Waals surface area contributed by atoms with Crippen LogP contribution in [0.5, 0.6) is 5.75 Å². The van der Waals surface area contributed by atoms with E-state index in [-0.39, 0.29) is 0 Å². The quantitative estimate of drug-likeness (QED) is 0.467. The second-order valence-corrected chi connectivity index (χ2v) is 9.31. The maximum absolute atomic E-state index is 5.98. The Labute approximate surface area is 181 Å². The van der Waals surface area contributed by atoms with E-state index in [1.807, 2.05) is 46.4 Å². The van der Waals surface area contributed by atoms with Gasteiger partial charge in [-0.15, -0.1) is 11.3 Å². The lowest BCUT2D eigenvalue weighted by Crippen LogP contribution is -2.32. The van der Waals surface area contributed by atoms with Gasteiger partial charge in [-0.25, -0.2) is 4.68 Å². The zero-order chi connectivity index (χ0) is 20.2. The molecule has 0 unspecified atom stereocenters. The van der Waals surface area contributed by atoms with Crippen molar-refractivity contribution < 1.29 is 4.74 Å². The fraction of sp³-hybridized carbons (Fsp3) is 0.455. The minimum absolute atomic E-state index is 0.424. The summed E-state index contributed by atoms with van der Waals surface area (Å²) in [4.78, 5) is 3.94. The number of hydrogen-bond acceptors (Lipinski definition) is 5. The van der Waals surface area contributed by atoms with Crippen molar-refractivity contribution in [1.29, 1.82) is 0 Å². The zero-order valence-electron chi connectivity index (χ0n) is 17.1. The first-order valence-corrected chi connectivity index (χ1v) is 11.5. The van der Waals surface area contributed by atoms with Crippen molar-refractivity contribution in [1.82, 2.24) is 19.2 Å². The molecule has 1 aliphatic rings. The van der Waals surface area contributed by atoms with E-state index in [2.05, 4.69) is 34.8 Å². The molecule has 0 amide bonds. The third-order valence-electron chi connectivity index (χ3n) is 5.26. The van der Waals surface area contributed by atoms with E-state index in [4.69, 9.17) is 22.1 Å². The van der Waals surface area contributed by atoms with Gasteiger partial charge in [-0.05, 0) is 60.1 Å². The Balaban J connectivity index is 1.51. The van der Waals surface area contributed by atoms with Crippen molar-refractivity contribution in [3.63, 3.8) is 0 Å². The van der Waals surface area contributed by atoms with Crippen molar-refractivity contribution >= 4 is 23.6 Å². The lowest BCUT2D eigenvalue weighted by atomic mass is 10.1. The highest BCUT2D eigenvalue weighted by atomic mass is 32.1. The van der Waals surface area contributed by atoms with Gasteiger partial charge < -0.3 is 9.30 Å². The van der Waals surface area contributed by atoms with Crippen molar-refractivity contribution in [3.05, 3.63) is 62.8 Å². The molecule has 2 aromatic heterocycles. The summed E-state index contributed by atoms with van der Waals surface area (Å²) in [6.45, 7) is 8.51. The Bertz CT molecular complexity index is 990. The van der Waals surface area contributed by atoms with Crippen LogP contribution in [0.2, 0.25) is 0 Å². The van der Waals surface area contributed by atoms with Gasteiger partial charge in [-0.3, -0.25) is 4.90 Å². The minimum Gasteiger partial charge on any atom is -0.486 e. The smallest absolute Gasteiger partial charge is 0.199 e. The third kappa shape index (κ3) is 4.97. The molecule has 0 fully saturated rings. The molecule has 0 saturated heterocycles. The number of rotatable bonds is 8. The van der Waals surface area contributed by atoms with Crippen LogP contribution in [-0.4, -0.2) is 25.8 Å². The molecular formula is C22H28N4OS2. The molecule has 0 atom stereocenters. The van der Waals surface area contributed by atoms with Gasteiger partial charge in [0.1, 0.15) is 12.4 Å². The van der Waals surface area contributed by atoms with Gasteiger partial charge in [0.25, 0.3) is 0 Å². The van der Waals surface area contributed by atoms with E-state index < -0.39 is 0 Å². The number of benzene rings is 1. The molecule has 3 heterocycles. The van der Waals surface area contributed by atoms with E-state index >= 15 is 0 Å². The van der Waals surface area contributed by atoms with Gasteiger partial charge in [-0.2, -0.15) is 5.10 Å². The van der Waals surface area contributed by atoms with Gasteiger partial charge in [0.05, 0.1) is 6.67 Å². The summed E-state index contributed by atoms with van der Waals surface area (Å²) in [5.41, 5.74) is 1.44. The Morgan fingerprint density at radius 2 is 2.03 bits per heavy atom. The molecule has 29 heavy (non-hydrogen) atoms. The number of para-hydroxylation sites is 1. The highest BCUT2D eigenvalue weighted by Crippen LogP contribution is 2.24. The van der Waals surface area contributed by atoms with Crippen LogP contribution in [0.25, 0.3) is 0 Å². The standard InChI is InChI=1S/C22H28N4OS2/c1-17(2)8-12-25-21(15-27-19-6-4-3-5-7-19)23-26(22(25)28)16-24-11-9-20-18(14-24)10-13-29-20/h3-7,10,13,17H,8-9,11-12,14-16H2,1-2H3. The summed E-state index contributed by atoms with van der Waals surface area (Å²) < 4.78 is 10.9. The summed E-state index contributed by atoms with van der Waals surface area (Å²) in [7, 11) is 0. The summed E-state index contributed by atoms with van der Waals surface area (Å²) in [5.74, 6) is 2.36. The molecule has 0 bridgehead atoms. The molecule has 4 rings (SSSR count). The highest BCUT2D eigenvalue weighted by Gasteiger charge is 2.19. The zero-order valence-corrected chi connectivity index (χ0v) is 18.7. The molecule has 0 aliphatic carbocycles. The largest absolute Gasteiger partial charge is 0.486 e. The second-order valence-electron chi connectivity index (χ2n) is 7.95. The average molecular weight is 429 g/mol. The molecule has 0 radical (unpaired) electrons. The molecule has 0 spiro atoms. The highest BCUT2D eigenvalue weighted by molar-refractivity contribution is 7.71. The average Bonchev–Trinajstić information content (AvgIpc) is 3.30. The van der Waals surface area contributed by atoms with Gasteiger partial charge in [0.15, 0.2) is 10.6 Å². The monoisotopic (exact) mass is 428 g/mol. The van der Waals surface area contributed by atoms with Crippen molar-refractivity contribution in [2.75, 3.05) is 6.54 Å². The van der Waals surface area contributed by atoms with Crippen LogP contribution in [0.15, 0.2) is 41.8 Å². The maximum Gasteiger partial charge on any atom is 0.199 e. The number of fused-ring (bicyclic) bond motifs is 1. The number of ether oxygens (including phenoxy) is 1. The van der Waals surface area contributed by atoms with Crippen LogP contribution in [0, 0.1) is 10.7 Å². The predicted octanol–water partition coefficient (Wildman–Crippen LogP) is 5.12. The predicted molar refractivity (Wildman–Crippen MR) is 120 cm³/mol. The fourth-order valence-electron chi connectivity index (χ4n) is 3.58. The Morgan fingerprint density at radius 1 is 1.21 bits per heavy atom. The van der Waals surface area contributed by atoms with Crippen molar-refractivity contribution in [2.45, 2.75) is 53.1 Å². The second kappa shape index (κ2) is 9.24. The maximum atomic E-state index is 5.98. The SMILES string of the molecule is CC(C)CCn1c(COc2ccccc2)nn(CN2CCc3sccc3C2)c1=S. The Hall–Kier alpha value is -1.96. The summed E-state index contributed by atoms with van der Waals surface area (Å²) in [6, 6.07) is 12.1. The van der Waals surface area contributed by atoms with Gasteiger partial charge in [-0.1, -0.05) is 32.0 Å². The normalized spacial score (nSPS) is 14.3. The number of nitrogens with zero attached hydrogens (tertiary/aromatic N) is 4. The molecule has 7 heteroatoms. The van der Waals surface area contributed by atoms with Crippen molar-refractivity contribution in [2.24, 2.45) is 5.92 Å². The van der Waals surface area contributed by atoms with Gasteiger partial charge in [0.2, 0.25) is 0 Å².